The van der Waals surface area contributed by atoms with E-state index in [0.29, 0.717) is 22.7 Å². The normalized spacial score (nSPS) is 18.8. The fourth-order valence-corrected chi connectivity index (χ4v) is 4.34. The number of amides is 2. The van der Waals surface area contributed by atoms with Crippen LogP contribution in [0.25, 0.3) is 5.65 Å². The van der Waals surface area contributed by atoms with Gasteiger partial charge in [-0.05, 0) is 25.0 Å². The predicted octanol–water partition coefficient (Wildman–Crippen LogP) is 2.53. The maximum absolute atomic E-state index is 12.7. The molecule has 0 aliphatic heterocycles. The monoisotopic (exact) mass is 430 g/mol. The number of nitrogens with zero attached hydrogens (tertiary/aromatic N) is 3. The van der Waals surface area contributed by atoms with E-state index < -0.39 is 6.09 Å². The summed E-state index contributed by atoms with van der Waals surface area (Å²) in [5.74, 6) is 0.208. The van der Waals surface area contributed by atoms with Crippen LogP contribution < -0.4 is 16.0 Å². The molecule has 1 fully saturated rings. The van der Waals surface area contributed by atoms with Crippen molar-refractivity contribution in [3.8, 4) is 0 Å². The SMILES string of the molecule is O=C(O)N[C@H]1CCCC[C@H]1Nc1ccn2ncc(C(=O)Nc3csc(CO)c3)c2n1. The summed E-state index contributed by atoms with van der Waals surface area (Å²) < 4.78 is 1.51. The molecule has 1 saturated carbocycles. The molecular weight excluding hydrogens is 408 g/mol. The van der Waals surface area contributed by atoms with E-state index in [2.05, 4.69) is 26.0 Å². The van der Waals surface area contributed by atoms with E-state index in [1.54, 1.807) is 23.7 Å². The van der Waals surface area contributed by atoms with Crippen molar-refractivity contribution in [1.82, 2.24) is 19.9 Å². The third-order valence-corrected chi connectivity index (χ3v) is 6.01. The first-order valence-electron chi connectivity index (χ1n) is 9.63. The van der Waals surface area contributed by atoms with Crippen LogP contribution in [0.4, 0.5) is 16.3 Å². The van der Waals surface area contributed by atoms with Crippen LogP contribution in [0.15, 0.2) is 29.9 Å². The topological polar surface area (TPSA) is 141 Å². The second kappa shape index (κ2) is 8.67. The molecule has 1 aliphatic rings. The van der Waals surface area contributed by atoms with Crippen molar-refractivity contribution in [2.24, 2.45) is 0 Å². The van der Waals surface area contributed by atoms with E-state index in [1.807, 2.05) is 0 Å². The molecule has 3 aromatic heterocycles. The molecule has 158 valence electrons. The van der Waals surface area contributed by atoms with Gasteiger partial charge in [0.1, 0.15) is 11.4 Å². The predicted molar refractivity (Wildman–Crippen MR) is 112 cm³/mol. The van der Waals surface area contributed by atoms with Crippen LogP contribution in [0.1, 0.15) is 40.9 Å². The Morgan fingerprint density at radius 1 is 1.27 bits per heavy atom. The van der Waals surface area contributed by atoms with Crippen LogP contribution in [0, 0.1) is 0 Å². The van der Waals surface area contributed by atoms with Crippen molar-refractivity contribution in [3.05, 3.63) is 40.3 Å². The first-order valence-corrected chi connectivity index (χ1v) is 10.5. The third-order valence-electron chi connectivity index (χ3n) is 5.09. The summed E-state index contributed by atoms with van der Waals surface area (Å²) in [4.78, 5) is 29.1. The Labute approximate surface area is 175 Å². The summed E-state index contributed by atoms with van der Waals surface area (Å²) in [6, 6.07) is 3.20. The first kappa shape index (κ1) is 20.1. The third kappa shape index (κ3) is 4.36. The average Bonchev–Trinajstić information content (AvgIpc) is 3.35. The quantitative estimate of drug-likeness (QED) is 0.405. The molecule has 3 aromatic rings. The largest absolute Gasteiger partial charge is 0.465 e. The van der Waals surface area contributed by atoms with Gasteiger partial charge in [-0.2, -0.15) is 5.10 Å². The Morgan fingerprint density at radius 2 is 2.07 bits per heavy atom. The molecular formula is C19H22N6O4S. The van der Waals surface area contributed by atoms with Gasteiger partial charge in [-0.25, -0.2) is 14.3 Å². The second-order valence-electron chi connectivity index (χ2n) is 7.14. The Morgan fingerprint density at radius 3 is 2.80 bits per heavy atom. The minimum absolute atomic E-state index is 0.0762. The lowest BCUT2D eigenvalue weighted by Gasteiger charge is -2.32. The molecule has 0 radical (unpaired) electrons. The highest BCUT2D eigenvalue weighted by Crippen LogP contribution is 2.23. The number of carbonyl (C=O) groups is 2. The lowest BCUT2D eigenvalue weighted by Crippen LogP contribution is -2.48. The summed E-state index contributed by atoms with van der Waals surface area (Å²) in [7, 11) is 0. The standard InChI is InChI=1S/C19H22N6O4S/c26-9-12-7-11(10-30-12)21-18(27)13-8-20-25-6-5-16(24-17(13)25)22-14-3-1-2-4-15(14)23-19(28)29/h5-8,10,14-15,23,26H,1-4,9H2,(H,21,27)(H,22,24)(H,28,29)/t14-,15+/m1/s1. The number of aliphatic hydroxyl groups is 1. The van der Waals surface area contributed by atoms with Crippen molar-refractivity contribution in [1.29, 1.82) is 0 Å². The second-order valence-corrected chi connectivity index (χ2v) is 8.14. The zero-order chi connectivity index (χ0) is 21.1. The van der Waals surface area contributed by atoms with E-state index in [4.69, 9.17) is 5.11 Å². The van der Waals surface area contributed by atoms with E-state index in [9.17, 15) is 14.7 Å². The van der Waals surface area contributed by atoms with Crippen LogP contribution >= 0.6 is 11.3 Å². The Balaban J connectivity index is 1.53. The summed E-state index contributed by atoms with van der Waals surface area (Å²) in [5.41, 5.74) is 1.32. The lowest BCUT2D eigenvalue weighted by atomic mass is 9.90. The number of anilines is 2. The van der Waals surface area contributed by atoms with Gasteiger partial charge in [0.05, 0.1) is 24.5 Å². The average molecular weight is 430 g/mol. The number of carbonyl (C=O) groups excluding carboxylic acids is 1. The molecule has 0 unspecified atom stereocenters. The molecule has 0 aromatic carbocycles. The van der Waals surface area contributed by atoms with Crippen molar-refractivity contribution < 1.29 is 19.8 Å². The zero-order valence-corrected chi connectivity index (χ0v) is 16.9. The fraction of sp³-hybridized carbons (Fsp3) is 0.368. The fourth-order valence-electron chi connectivity index (χ4n) is 3.66. The van der Waals surface area contributed by atoms with Gasteiger partial charge in [-0.1, -0.05) is 12.8 Å². The van der Waals surface area contributed by atoms with Crippen molar-refractivity contribution in [2.45, 2.75) is 44.4 Å². The van der Waals surface area contributed by atoms with Gasteiger partial charge < -0.3 is 26.2 Å². The molecule has 30 heavy (non-hydrogen) atoms. The molecule has 3 heterocycles. The molecule has 5 N–H and O–H groups in total. The smallest absolute Gasteiger partial charge is 0.404 e. The minimum Gasteiger partial charge on any atom is -0.465 e. The molecule has 0 spiro atoms. The van der Waals surface area contributed by atoms with Crippen LogP contribution in [0.5, 0.6) is 0 Å². The summed E-state index contributed by atoms with van der Waals surface area (Å²) in [6.45, 7) is -0.0767. The molecule has 2 amide bonds. The van der Waals surface area contributed by atoms with Crippen LogP contribution in [-0.4, -0.2) is 48.9 Å². The number of thiophene rings is 1. The number of aromatic nitrogens is 3. The highest BCUT2D eigenvalue weighted by molar-refractivity contribution is 7.10. The van der Waals surface area contributed by atoms with Gasteiger partial charge >= 0.3 is 6.09 Å². The van der Waals surface area contributed by atoms with Gasteiger partial charge in [-0.3, -0.25) is 4.79 Å². The van der Waals surface area contributed by atoms with Crippen LogP contribution in [-0.2, 0) is 6.61 Å². The molecule has 1 aliphatic carbocycles. The van der Waals surface area contributed by atoms with Gasteiger partial charge in [0.15, 0.2) is 5.65 Å². The summed E-state index contributed by atoms with van der Waals surface area (Å²) in [6.07, 6.45) is 5.70. The zero-order valence-electron chi connectivity index (χ0n) is 16.0. The molecule has 0 bridgehead atoms. The van der Waals surface area contributed by atoms with Gasteiger partial charge in [0, 0.05) is 22.5 Å². The molecule has 11 heteroatoms. The number of hydrogen-bond acceptors (Lipinski definition) is 7. The van der Waals surface area contributed by atoms with Crippen LogP contribution in [0.3, 0.4) is 0 Å². The van der Waals surface area contributed by atoms with Crippen molar-refractivity contribution >= 4 is 40.5 Å². The molecule has 4 rings (SSSR count). The number of carboxylic acid groups (broad SMARTS) is 1. The van der Waals surface area contributed by atoms with Gasteiger partial charge in [0.2, 0.25) is 0 Å². The summed E-state index contributed by atoms with van der Waals surface area (Å²) >= 11 is 1.36. The number of aliphatic hydroxyl groups excluding tert-OH is 1. The highest BCUT2D eigenvalue weighted by Gasteiger charge is 2.27. The minimum atomic E-state index is -1.04. The maximum Gasteiger partial charge on any atom is 0.404 e. The molecule has 10 nitrogen and oxygen atoms in total. The Kier molecular flexibility index (Phi) is 5.81. The van der Waals surface area contributed by atoms with Crippen molar-refractivity contribution in [3.63, 3.8) is 0 Å². The number of fused-ring (bicyclic) bond motifs is 1. The number of nitrogens with one attached hydrogen (secondary N) is 3. The van der Waals surface area contributed by atoms with Crippen molar-refractivity contribution in [2.75, 3.05) is 10.6 Å². The number of rotatable bonds is 6. The lowest BCUT2D eigenvalue weighted by molar-refractivity contribution is 0.102. The van der Waals surface area contributed by atoms with E-state index >= 15 is 0 Å². The Bertz CT molecular complexity index is 1060. The molecule has 0 saturated heterocycles. The van der Waals surface area contributed by atoms with Gasteiger partial charge in [-0.15, -0.1) is 11.3 Å². The molecule has 2 atom stereocenters. The highest BCUT2D eigenvalue weighted by atomic mass is 32.1. The maximum atomic E-state index is 12.7. The van der Waals surface area contributed by atoms with E-state index in [-0.39, 0.29) is 24.6 Å². The summed E-state index contributed by atoms with van der Waals surface area (Å²) in [5, 5.41) is 32.9. The first-order chi connectivity index (χ1) is 14.5. The number of hydrogen-bond donors (Lipinski definition) is 5. The Hall–Kier alpha value is -3.18. The van der Waals surface area contributed by atoms with E-state index in [1.165, 1.54) is 22.0 Å². The van der Waals surface area contributed by atoms with Gasteiger partial charge in [0.25, 0.3) is 5.91 Å². The van der Waals surface area contributed by atoms with Crippen LogP contribution in [0.2, 0.25) is 0 Å². The van der Waals surface area contributed by atoms with E-state index in [0.717, 1.165) is 30.6 Å².